The van der Waals surface area contributed by atoms with Crippen LogP contribution in [-0.2, 0) is 18.4 Å². The molecule has 214 valence electrons. The van der Waals surface area contributed by atoms with Gasteiger partial charge in [-0.1, -0.05) is 30.3 Å². The Hall–Kier alpha value is -3.35. The zero-order valence-electron chi connectivity index (χ0n) is 22.6. The number of aromatic nitrogens is 4. The van der Waals surface area contributed by atoms with Gasteiger partial charge in [0.1, 0.15) is 16.6 Å². The molecule has 12 heteroatoms. The quantitative estimate of drug-likeness (QED) is 0.359. The number of likely N-dealkylation sites (tertiary alicyclic amines) is 2. The van der Waals surface area contributed by atoms with Gasteiger partial charge in [-0.25, -0.2) is 9.97 Å². The van der Waals surface area contributed by atoms with E-state index in [0.717, 1.165) is 5.56 Å². The van der Waals surface area contributed by atoms with Crippen LogP contribution in [0.2, 0.25) is 0 Å². The molecule has 2 aliphatic heterocycles. The molecule has 0 aliphatic carbocycles. The van der Waals surface area contributed by atoms with Gasteiger partial charge in [-0.2, -0.15) is 0 Å². The van der Waals surface area contributed by atoms with Crippen molar-refractivity contribution in [1.82, 2.24) is 28.9 Å². The molecule has 0 radical (unpaired) electrons. The smallest absolute Gasteiger partial charge is 0.282 e. The molecule has 2 fully saturated rings. The number of fused-ring (bicyclic) bond motifs is 1. The predicted octanol–water partition coefficient (Wildman–Crippen LogP) is 3.25. The third-order valence-corrected chi connectivity index (χ3v) is 9.96. The van der Waals surface area contributed by atoms with Gasteiger partial charge in [0.25, 0.3) is 11.5 Å². The van der Waals surface area contributed by atoms with Crippen molar-refractivity contribution in [2.24, 2.45) is 13.0 Å². The van der Waals surface area contributed by atoms with Crippen molar-refractivity contribution in [3.8, 4) is 0 Å². The second-order valence-corrected chi connectivity index (χ2v) is 12.7. The Kier molecular flexibility index (Phi) is 7.56. The van der Waals surface area contributed by atoms with Crippen LogP contribution in [-0.4, -0.2) is 77.6 Å². The lowest BCUT2D eigenvalue weighted by atomic mass is 9.79. The number of amides is 2. The number of aliphatic hydroxyl groups is 1. The maximum atomic E-state index is 13.9. The number of nitrogens with zero attached hydrogens (tertiary/aromatic N) is 6. The molecule has 41 heavy (non-hydrogen) atoms. The molecule has 10 nitrogen and oxygen atoms in total. The van der Waals surface area contributed by atoms with E-state index < -0.39 is 5.60 Å². The fourth-order valence-corrected chi connectivity index (χ4v) is 7.32. The van der Waals surface area contributed by atoms with Gasteiger partial charge in [0.15, 0.2) is 5.01 Å². The maximum Gasteiger partial charge on any atom is 0.282 e. The highest BCUT2D eigenvalue weighted by Gasteiger charge is 2.42. The van der Waals surface area contributed by atoms with Crippen molar-refractivity contribution < 1.29 is 14.7 Å². The van der Waals surface area contributed by atoms with Crippen LogP contribution >= 0.6 is 27.3 Å². The number of rotatable bonds is 5. The highest BCUT2D eigenvalue weighted by atomic mass is 79.9. The van der Waals surface area contributed by atoms with Gasteiger partial charge in [-0.3, -0.25) is 19.0 Å². The van der Waals surface area contributed by atoms with E-state index in [1.165, 1.54) is 22.2 Å². The van der Waals surface area contributed by atoms with Crippen LogP contribution in [0.5, 0.6) is 0 Å². The van der Waals surface area contributed by atoms with Crippen LogP contribution in [0.3, 0.4) is 0 Å². The minimum absolute atomic E-state index is 0.0505. The van der Waals surface area contributed by atoms with E-state index >= 15 is 0 Å². The standard InChI is InChI=1S/C29H31BrN6O4S/c1-33-11-7-21-24(33)31-18-36(27(21)38)17-29(40)9-13-34(14-10-29)26(37)20-8-12-35(28(39)25-32-23(30)16-41-25)15-22(20)19-5-3-2-4-6-19/h2-7,11,16,18,20,22,40H,8-10,12-15,17H2,1H3/t20-,22+/m1/s1. The Morgan fingerprint density at radius 1 is 1.12 bits per heavy atom. The lowest BCUT2D eigenvalue weighted by Gasteiger charge is -2.43. The molecular formula is C29H31BrN6O4S. The van der Waals surface area contributed by atoms with Crippen LogP contribution in [0.1, 0.15) is 40.5 Å². The summed E-state index contributed by atoms with van der Waals surface area (Å²) in [4.78, 5) is 52.4. The van der Waals surface area contributed by atoms with Crippen LogP contribution in [0.25, 0.3) is 11.0 Å². The maximum absolute atomic E-state index is 13.9. The third kappa shape index (κ3) is 5.47. The Morgan fingerprint density at radius 2 is 1.88 bits per heavy atom. The summed E-state index contributed by atoms with van der Waals surface area (Å²) in [5.41, 5.74) is 0.348. The van der Waals surface area contributed by atoms with Crippen molar-refractivity contribution >= 4 is 50.1 Å². The fraction of sp³-hybridized carbons (Fsp3) is 0.414. The highest BCUT2D eigenvalue weighted by Crippen LogP contribution is 2.36. The molecule has 2 saturated heterocycles. The summed E-state index contributed by atoms with van der Waals surface area (Å²) in [7, 11) is 1.84. The zero-order chi connectivity index (χ0) is 28.7. The largest absolute Gasteiger partial charge is 0.388 e. The molecule has 0 unspecified atom stereocenters. The average Bonchev–Trinajstić information content (AvgIpc) is 3.60. The summed E-state index contributed by atoms with van der Waals surface area (Å²) in [6.45, 7) is 1.85. The van der Waals surface area contributed by atoms with Gasteiger partial charge in [-0.15, -0.1) is 11.3 Å². The SMILES string of the molecule is Cn1ccc2c(=O)n(CC3(O)CCN(C(=O)[C@@H]4CCN(C(=O)c5nc(Br)cs5)C[C@H]4c4ccccc4)CC3)cnc21. The molecule has 1 N–H and O–H groups in total. The second kappa shape index (κ2) is 11.1. The molecule has 2 aliphatic rings. The Bertz CT molecular complexity index is 1640. The van der Waals surface area contributed by atoms with Gasteiger partial charge < -0.3 is 19.5 Å². The van der Waals surface area contributed by atoms with Gasteiger partial charge in [0.05, 0.1) is 17.5 Å². The summed E-state index contributed by atoms with van der Waals surface area (Å²) < 4.78 is 3.91. The molecule has 0 saturated carbocycles. The first kappa shape index (κ1) is 27.8. The van der Waals surface area contributed by atoms with E-state index in [2.05, 4.69) is 25.9 Å². The van der Waals surface area contributed by atoms with Crippen molar-refractivity contribution in [3.63, 3.8) is 0 Å². The molecule has 0 spiro atoms. The van der Waals surface area contributed by atoms with Crippen molar-refractivity contribution in [1.29, 1.82) is 0 Å². The highest BCUT2D eigenvalue weighted by molar-refractivity contribution is 9.10. The van der Waals surface area contributed by atoms with E-state index in [4.69, 9.17) is 0 Å². The number of aryl methyl sites for hydroxylation is 1. The lowest BCUT2D eigenvalue weighted by Crippen LogP contribution is -2.53. The van der Waals surface area contributed by atoms with E-state index in [-0.39, 0.29) is 35.8 Å². The molecule has 2 atom stereocenters. The van der Waals surface area contributed by atoms with Gasteiger partial charge >= 0.3 is 0 Å². The zero-order valence-corrected chi connectivity index (χ0v) is 25.1. The van der Waals surface area contributed by atoms with E-state index in [9.17, 15) is 19.5 Å². The van der Waals surface area contributed by atoms with Crippen molar-refractivity contribution in [3.05, 3.63) is 79.8 Å². The fourth-order valence-electron chi connectivity index (χ4n) is 6.10. The Labute approximate surface area is 249 Å². The van der Waals surface area contributed by atoms with Crippen molar-refractivity contribution in [2.45, 2.75) is 37.3 Å². The van der Waals surface area contributed by atoms with E-state index in [0.29, 0.717) is 66.1 Å². The van der Waals surface area contributed by atoms with Crippen LogP contribution < -0.4 is 5.56 Å². The number of hydrogen-bond acceptors (Lipinski definition) is 7. The van der Waals surface area contributed by atoms with E-state index in [1.807, 2.05) is 42.3 Å². The number of benzene rings is 1. The van der Waals surface area contributed by atoms with Gasteiger partial charge in [0, 0.05) is 56.6 Å². The molecule has 0 bridgehead atoms. The topological polar surface area (TPSA) is 114 Å². The molecule has 1 aromatic carbocycles. The summed E-state index contributed by atoms with van der Waals surface area (Å²) in [5.74, 6) is -0.487. The Morgan fingerprint density at radius 3 is 2.59 bits per heavy atom. The van der Waals surface area contributed by atoms with Gasteiger partial charge in [0.2, 0.25) is 5.91 Å². The predicted molar refractivity (Wildman–Crippen MR) is 159 cm³/mol. The first-order valence-corrected chi connectivity index (χ1v) is 15.4. The molecule has 3 aromatic heterocycles. The molecular weight excluding hydrogens is 608 g/mol. The number of carbonyl (C=O) groups excluding carboxylic acids is 2. The number of halogens is 1. The molecule has 5 heterocycles. The monoisotopic (exact) mass is 638 g/mol. The van der Waals surface area contributed by atoms with Crippen LogP contribution in [0, 0.1) is 5.92 Å². The van der Waals surface area contributed by atoms with Crippen LogP contribution in [0.15, 0.2) is 63.7 Å². The number of piperidine rings is 2. The number of thiazole rings is 1. The summed E-state index contributed by atoms with van der Waals surface area (Å²) in [5, 5.41) is 14.1. The van der Waals surface area contributed by atoms with Crippen molar-refractivity contribution in [2.75, 3.05) is 26.2 Å². The van der Waals surface area contributed by atoms with E-state index in [1.54, 1.807) is 27.1 Å². The van der Waals surface area contributed by atoms with Crippen LogP contribution in [0.4, 0.5) is 0 Å². The second-order valence-electron chi connectivity index (χ2n) is 11.0. The molecule has 2 amide bonds. The summed E-state index contributed by atoms with van der Waals surface area (Å²) >= 11 is 4.63. The average molecular weight is 640 g/mol. The molecule has 6 rings (SSSR count). The molecule has 4 aromatic rings. The number of carbonyl (C=O) groups is 2. The first-order chi connectivity index (χ1) is 19.7. The number of hydrogen-bond donors (Lipinski definition) is 1. The summed E-state index contributed by atoms with van der Waals surface area (Å²) in [6.07, 6.45) is 4.57. The lowest BCUT2D eigenvalue weighted by molar-refractivity contribution is -0.142. The minimum atomic E-state index is -1.11. The third-order valence-electron chi connectivity index (χ3n) is 8.43. The normalized spacial score (nSPS) is 20.9. The van der Waals surface area contributed by atoms with Gasteiger partial charge in [-0.05, 0) is 46.8 Å². The minimum Gasteiger partial charge on any atom is -0.388 e. The summed E-state index contributed by atoms with van der Waals surface area (Å²) in [6, 6.07) is 11.6. The Balaban J connectivity index is 1.15. The first-order valence-electron chi connectivity index (χ1n) is 13.7.